The Labute approximate surface area is 114 Å². The van der Waals surface area contributed by atoms with Gasteiger partial charge < -0.3 is 10.2 Å². The van der Waals surface area contributed by atoms with Crippen LogP contribution in [0, 0.1) is 6.92 Å². The van der Waals surface area contributed by atoms with E-state index in [9.17, 15) is 10.2 Å². The molecule has 0 heterocycles. The molecular weight excluding hydrogens is 259 g/mol. The minimum atomic E-state index is -0.300. The molecule has 0 unspecified atom stereocenters. The van der Waals surface area contributed by atoms with Crippen molar-refractivity contribution in [1.82, 2.24) is 0 Å². The van der Waals surface area contributed by atoms with Crippen molar-refractivity contribution in [3.63, 3.8) is 0 Å². The third-order valence-electron chi connectivity index (χ3n) is 3.10. The standard InChI is InChI=1S/C14H22O2.Ni/c1-4-6-7-8-12-9-11(5-2)10(3)13(15)14(12)16;/h9,15-16H,4-8H2,1-3H3;/q;+2/p-2. The van der Waals surface area contributed by atoms with Crippen LogP contribution in [0.5, 0.6) is 11.5 Å². The number of hydrogen-bond donors (Lipinski definition) is 0. The third kappa shape index (κ3) is 3.92. The summed E-state index contributed by atoms with van der Waals surface area (Å²) in [6.45, 7) is 5.89. The van der Waals surface area contributed by atoms with Gasteiger partial charge in [-0.1, -0.05) is 43.9 Å². The normalized spacial score (nSPS) is 10.1. The molecule has 0 aromatic heterocycles. The molecule has 0 saturated heterocycles. The van der Waals surface area contributed by atoms with E-state index in [1.165, 1.54) is 0 Å². The molecule has 0 amide bonds. The molecule has 0 bridgehead atoms. The van der Waals surface area contributed by atoms with Crippen LogP contribution in [0.3, 0.4) is 0 Å². The number of unbranched alkanes of at least 4 members (excludes halogenated alkanes) is 2. The first-order valence-corrected chi connectivity index (χ1v) is 6.11. The van der Waals surface area contributed by atoms with Gasteiger partial charge in [0.1, 0.15) is 0 Å². The Morgan fingerprint density at radius 3 is 2.18 bits per heavy atom. The Bertz CT molecular complexity index is 362. The van der Waals surface area contributed by atoms with Gasteiger partial charge in [-0.05, 0) is 31.7 Å². The quantitative estimate of drug-likeness (QED) is 0.613. The molecule has 0 N–H and O–H groups in total. The molecule has 0 aliphatic carbocycles. The molecule has 0 saturated carbocycles. The second kappa shape index (κ2) is 7.60. The summed E-state index contributed by atoms with van der Waals surface area (Å²) in [5, 5.41) is 23.4. The SMILES string of the molecule is CCCCCc1cc(CC)c(C)c([O-])c1[O-].[Ni+2]. The van der Waals surface area contributed by atoms with Gasteiger partial charge in [-0.15, -0.1) is 11.5 Å². The molecule has 3 heteroatoms. The van der Waals surface area contributed by atoms with Crippen LogP contribution in [0.15, 0.2) is 6.07 Å². The fraction of sp³-hybridized carbons (Fsp3) is 0.571. The predicted octanol–water partition coefficient (Wildman–Crippen LogP) is 2.43. The number of hydrogen-bond acceptors (Lipinski definition) is 2. The molecule has 0 aliphatic heterocycles. The van der Waals surface area contributed by atoms with Crippen LogP contribution in [0.2, 0.25) is 0 Å². The Hall–Kier alpha value is -0.686. The summed E-state index contributed by atoms with van der Waals surface area (Å²) in [6.07, 6.45) is 4.81. The van der Waals surface area contributed by atoms with Crippen LogP contribution in [0.25, 0.3) is 0 Å². The second-order valence-electron chi connectivity index (χ2n) is 4.29. The second-order valence-corrected chi connectivity index (χ2v) is 4.29. The van der Waals surface area contributed by atoms with Gasteiger partial charge in [0.25, 0.3) is 0 Å². The van der Waals surface area contributed by atoms with Crippen LogP contribution in [0.4, 0.5) is 0 Å². The molecule has 98 valence electrons. The van der Waals surface area contributed by atoms with E-state index in [2.05, 4.69) is 6.92 Å². The van der Waals surface area contributed by atoms with Gasteiger partial charge in [-0.3, -0.25) is 0 Å². The molecule has 0 atom stereocenters. The van der Waals surface area contributed by atoms with E-state index in [-0.39, 0.29) is 28.0 Å². The molecule has 0 aliphatic rings. The minimum absolute atomic E-state index is 0. The van der Waals surface area contributed by atoms with Crippen LogP contribution >= 0.6 is 0 Å². The fourth-order valence-electron chi connectivity index (χ4n) is 1.96. The zero-order chi connectivity index (χ0) is 12.1. The van der Waals surface area contributed by atoms with E-state index in [0.29, 0.717) is 11.1 Å². The first-order valence-electron chi connectivity index (χ1n) is 6.11. The van der Waals surface area contributed by atoms with Gasteiger partial charge >= 0.3 is 16.5 Å². The summed E-state index contributed by atoms with van der Waals surface area (Å²) in [5.41, 5.74) is 2.36. The number of aryl methyl sites for hydroxylation is 2. The van der Waals surface area contributed by atoms with Crippen molar-refractivity contribution in [1.29, 1.82) is 0 Å². The van der Waals surface area contributed by atoms with E-state index < -0.39 is 0 Å². The van der Waals surface area contributed by atoms with Crippen molar-refractivity contribution in [3.8, 4) is 11.5 Å². The Morgan fingerprint density at radius 2 is 1.65 bits per heavy atom. The Morgan fingerprint density at radius 1 is 1.00 bits per heavy atom. The van der Waals surface area contributed by atoms with Crippen molar-refractivity contribution >= 4 is 0 Å². The van der Waals surface area contributed by atoms with Crippen LogP contribution < -0.4 is 10.2 Å². The van der Waals surface area contributed by atoms with Gasteiger partial charge in [-0.2, -0.15) is 0 Å². The van der Waals surface area contributed by atoms with Crippen molar-refractivity contribution in [2.45, 2.75) is 52.9 Å². The van der Waals surface area contributed by atoms with Crippen molar-refractivity contribution < 1.29 is 26.7 Å². The summed E-state index contributed by atoms with van der Waals surface area (Å²) in [7, 11) is 0. The van der Waals surface area contributed by atoms with E-state index >= 15 is 0 Å². The van der Waals surface area contributed by atoms with E-state index in [4.69, 9.17) is 0 Å². The summed E-state index contributed by atoms with van der Waals surface area (Å²) in [6, 6.07) is 1.93. The van der Waals surface area contributed by atoms with Gasteiger partial charge in [0.05, 0.1) is 0 Å². The maximum Gasteiger partial charge on any atom is 2.00 e. The van der Waals surface area contributed by atoms with Gasteiger partial charge in [0.15, 0.2) is 0 Å². The third-order valence-corrected chi connectivity index (χ3v) is 3.10. The predicted molar refractivity (Wildman–Crippen MR) is 62.7 cm³/mol. The molecule has 1 rings (SSSR count). The Kier molecular flexibility index (Phi) is 7.30. The fourth-order valence-corrected chi connectivity index (χ4v) is 1.96. The van der Waals surface area contributed by atoms with Crippen molar-refractivity contribution in [3.05, 3.63) is 22.8 Å². The van der Waals surface area contributed by atoms with Gasteiger partial charge in [0.2, 0.25) is 0 Å². The van der Waals surface area contributed by atoms with E-state index in [1.807, 2.05) is 13.0 Å². The molecule has 0 fully saturated rings. The summed E-state index contributed by atoms with van der Waals surface area (Å²) >= 11 is 0. The first-order chi connectivity index (χ1) is 7.61. The zero-order valence-corrected chi connectivity index (χ0v) is 11.7. The smallest absolute Gasteiger partial charge is 0.873 e. The van der Waals surface area contributed by atoms with E-state index in [1.54, 1.807) is 6.92 Å². The monoisotopic (exact) mass is 278 g/mol. The molecule has 0 spiro atoms. The summed E-state index contributed by atoms with van der Waals surface area (Å²) < 4.78 is 0. The largest absolute Gasteiger partial charge is 2.00 e. The van der Waals surface area contributed by atoms with Crippen molar-refractivity contribution in [2.24, 2.45) is 0 Å². The summed E-state index contributed by atoms with van der Waals surface area (Å²) in [5.74, 6) is -0.586. The first kappa shape index (κ1) is 16.3. The average molecular weight is 279 g/mol. The van der Waals surface area contributed by atoms with Gasteiger partial charge in [0, 0.05) is 0 Å². The molecule has 0 radical (unpaired) electrons. The number of rotatable bonds is 5. The molecule has 1 aromatic carbocycles. The number of benzene rings is 1. The molecular formula is C14H20NiO2. The van der Waals surface area contributed by atoms with Crippen LogP contribution in [-0.2, 0) is 29.3 Å². The van der Waals surface area contributed by atoms with Crippen LogP contribution in [-0.4, -0.2) is 0 Å². The zero-order valence-electron chi connectivity index (χ0n) is 10.7. The van der Waals surface area contributed by atoms with Crippen molar-refractivity contribution in [2.75, 3.05) is 0 Å². The van der Waals surface area contributed by atoms with Gasteiger partial charge in [-0.25, -0.2) is 0 Å². The minimum Gasteiger partial charge on any atom is -0.873 e. The average Bonchev–Trinajstić information content (AvgIpc) is 2.29. The maximum absolute atomic E-state index is 11.7. The molecule has 1 aromatic rings. The topological polar surface area (TPSA) is 46.1 Å². The molecule has 2 nitrogen and oxygen atoms in total. The maximum atomic E-state index is 11.7. The molecule has 17 heavy (non-hydrogen) atoms. The Balaban J connectivity index is 0.00000256. The summed E-state index contributed by atoms with van der Waals surface area (Å²) in [4.78, 5) is 0. The van der Waals surface area contributed by atoms with E-state index in [0.717, 1.165) is 37.7 Å². The van der Waals surface area contributed by atoms with Crippen LogP contribution in [0.1, 0.15) is 49.8 Å².